The van der Waals surface area contributed by atoms with Crippen molar-refractivity contribution in [2.75, 3.05) is 0 Å². The van der Waals surface area contributed by atoms with Crippen LogP contribution >= 0.6 is 11.6 Å². The number of halogens is 1. The Morgan fingerprint density at radius 1 is 1.64 bits per heavy atom. The molecule has 0 aliphatic rings. The quantitative estimate of drug-likeness (QED) is 0.613. The zero-order valence-corrected chi connectivity index (χ0v) is 8.96. The highest BCUT2D eigenvalue weighted by Crippen LogP contribution is 2.21. The first-order chi connectivity index (χ1) is 6.63. The molecule has 1 aromatic heterocycles. The molecule has 76 valence electrons. The number of hydrogen-bond donors (Lipinski definition) is 1. The van der Waals surface area contributed by atoms with E-state index in [1.807, 2.05) is 6.92 Å². The number of pyridine rings is 1. The maximum atomic E-state index is 9.77. The van der Waals surface area contributed by atoms with E-state index in [2.05, 4.69) is 11.6 Å². The standard InChI is InChI=1S/C11H14ClNO/c1-3-8(2)6-10(14)9-4-5-11(12)13-7-9/h4-5,7,10,14H,2-3,6H2,1H3. The van der Waals surface area contributed by atoms with Gasteiger partial charge >= 0.3 is 0 Å². The van der Waals surface area contributed by atoms with Crippen molar-refractivity contribution >= 4 is 11.6 Å². The van der Waals surface area contributed by atoms with E-state index in [1.165, 1.54) is 0 Å². The Bertz CT molecular complexity index is 308. The highest BCUT2D eigenvalue weighted by molar-refractivity contribution is 6.29. The molecule has 1 N–H and O–H groups in total. The lowest BCUT2D eigenvalue weighted by atomic mass is 10.0. The van der Waals surface area contributed by atoms with E-state index in [4.69, 9.17) is 11.6 Å². The van der Waals surface area contributed by atoms with Gasteiger partial charge in [0.15, 0.2) is 0 Å². The molecule has 0 fully saturated rings. The lowest BCUT2D eigenvalue weighted by molar-refractivity contribution is 0.177. The molecule has 0 spiro atoms. The molecule has 2 nitrogen and oxygen atoms in total. The van der Waals surface area contributed by atoms with Gasteiger partial charge in [-0.3, -0.25) is 0 Å². The molecular formula is C11H14ClNO. The lowest BCUT2D eigenvalue weighted by Crippen LogP contribution is -1.99. The second-order valence-corrected chi connectivity index (χ2v) is 3.62. The third-order valence-electron chi connectivity index (χ3n) is 2.12. The van der Waals surface area contributed by atoms with Crippen molar-refractivity contribution in [1.82, 2.24) is 4.98 Å². The van der Waals surface area contributed by atoms with Crippen LogP contribution in [0.5, 0.6) is 0 Å². The van der Waals surface area contributed by atoms with Gasteiger partial charge in [-0.1, -0.05) is 36.7 Å². The van der Waals surface area contributed by atoms with Gasteiger partial charge in [0.25, 0.3) is 0 Å². The van der Waals surface area contributed by atoms with Gasteiger partial charge in [-0.25, -0.2) is 4.98 Å². The van der Waals surface area contributed by atoms with Crippen LogP contribution in [0.3, 0.4) is 0 Å². The van der Waals surface area contributed by atoms with Gasteiger partial charge in [-0.2, -0.15) is 0 Å². The van der Waals surface area contributed by atoms with Crippen LogP contribution in [-0.4, -0.2) is 10.1 Å². The summed E-state index contributed by atoms with van der Waals surface area (Å²) < 4.78 is 0. The first kappa shape index (κ1) is 11.2. The Kier molecular flexibility index (Phi) is 4.11. The highest BCUT2D eigenvalue weighted by atomic mass is 35.5. The van der Waals surface area contributed by atoms with E-state index >= 15 is 0 Å². The Morgan fingerprint density at radius 3 is 2.86 bits per heavy atom. The summed E-state index contributed by atoms with van der Waals surface area (Å²) in [6.07, 6.45) is 2.54. The third-order valence-corrected chi connectivity index (χ3v) is 2.34. The largest absolute Gasteiger partial charge is 0.388 e. The van der Waals surface area contributed by atoms with Gasteiger partial charge in [0.05, 0.1) is 6.10 Å². The summed E-state index contributed by atoms with van der Waals surface area (Å²) in [6.45, 7) is 5.87. The van der Waals surface area contributed by atoms with Crippen LogP contribution < -0.4 is 0 Å². The topological polar surface area (TPSA) is 33.1 Å². The normalized spacial score (nSPS) is 12.5. The van der Waals surface area contributed by atoms with Gasteiger partial charge in [0.1, 0.15) is 5.15 Å². The molecule has 1 heterocycles. The van der Waals surface area contributed by atoms with Crippen LogP contribution in [0.2, 0.25) is 5.15 Å². The number of aliphatic hydroxyl groups is 1. The lowest BCUT2D eigenvalue weighted by Gasteiger charge is -2.11. The molecule has 0 aliphatic heterocycles. The fourth-order valence-corrected chi connectivity index (χ4v) is 1.23. The third kappa shape index (κ3) is 3.13. The van der Waals surface area contributed by atoms with Gasteiger partial charge in [0.2, 0.25) is 0 Å². The van der Waals surface area contributed by atoms with Crippen LogP contribution in [0, 0.1) is 0 Å². The Morgan fingerprint density at radius 2 is 2.36 bits per heavy atom. The molecule has 1 rings (SSSR count). The minimum atomic E-state index is -0.521. The van der Waals surface area contributed by atoms with Crippen molar-refractivity contribution in [3.8, 4) is 0 Å². The van der Waals surface area contributed by atoms with Crippen molar-refractivity contribution in [2.24, 2.45) is 0 Å². The summed E-state index contributed by atoms with van der Waals surface area (Å²) >= 11 is 5.64. The summed E-state index contributed by atoms with van der Waals surface area (Å²) in [4.78, 5) is 3.91. The van der Waals surface area contributed by atoms with E-state index in [1.54, 1.807) is 18.3 Å². The fraction of sp³-hybridized carbons (Fsp3) is 0.364. The molecule has 1 atom stereocenters. The fourth-order valence-electron chi connectivity index (χ4n) is 1.12. The molecule has 1 aromatic rings. The SMILES string of the molecule is C=C(CC)CC(O)c1ccc(Cl)nc1. The summed E-state index contributed by atoms with van der Waals surface area (Å²) in [5, 5.41) is 10.2. The van der Waals surface area contributed by atoms with Crippen molar-refractivity contribution in [2.45, 2.75) is 25.9 Å². The van der Waals surface area contributed by atoms with Crippen LogP contribution in [0.15, 0.2) is 30.5 Å². The molecule has 0 saturated heterocycles. The van der Waals surface area contributed by atoms with Gasteiger partial charge in [-0.05, 0) is 24.5 Å². The van der Waals surface area contributed by atoms with Crippen molar-refractivity contribution < 1.29 is 5.11 Å². The van der Waals surface area contributed by atoms with E-state index in [9.17, 15) is 5.11 Å². The van der Waals surface area contributed by atoms with Crippen LogP contribution in [0.4, 0.5) is 0 Å². The smallest absolute Gasteiger partial charge is 0.129 e. The number of nitrogens with zero attached hydrogens (tertiary/aromatic N) is 1. The van der Waals surface area contributed by atoms with Crippen molar-refractivity contribution in [1.29, 1.82) is 0 Å². The molecule has 0 bridgehead atoms. The first-order valence-electron chi connectivity index (χ1n) is 4.59. The van der Waals surface area contributed by atoms with Crippen molar-refractivity contribution in [3.05, 3.63) is 41.2 Å². The minimum Gasteiger partial charge on any atom is -0.388 e. The van der Waals surface area contributed by atoms with Crippen LogP contribution in [0.25, 0.3) is 0 Å². The molecule has 0 saturated carbocycles. The average molecular weight is 212 g/mol. The second kappa shape index (κ2) is 5.13. The van der Waals surface area contributed by atoms with E-state index < -0.39 is 6.10 Å². The predicted octanol–water partition coefficient (Wildman–Crippen LogP) is 3.12. The molecule has 1 unspecified atom stereocenters. The zero-order chi connectivity index (χ0) is 10.6. The monoisotopic (exact) mass is 211 g/mol. The van der Waals surface area contributed by atoms with Crippen LogP contribution in [0.1, 0.15) is 31.4 Å². The molecular weight excluding hydrogens is 198 g/mol. The van der Waals surface area contributed by atoms with E-state index in [0.29, 0.717) is 11.6 Å². The highest BCUT2D eigenvalue weighted by Gasteiger charge is 2.08. The Balaban J connectivity index is 2.65. The summed E-state index contributed by atoms with van der Waals surface area (Å²) in [5.74, 6) is 0. The van der Waals surface area contributed by atoms with Gasteiger partial charge in [-0.15, -0.1) is 0 Å². The summed E-state index contributed by atoms with van der Waals surface area (Å²) in [5.41, 5.74) is 1.82. The van der Waals surface area contributed by atoms with Gasteiger partial charge in [0, 0.05) is 6.20 Å². The van der Waals surface area contributed by atoms with Crippen molar-refractivity contribution in [3.63, 3.8) is 0 Å². The van der Waals surface area contributed by atoms with Crippen LogP contribution in [-0.2, 0) is 0 Å². The maximum Gasteiger partial charge on any atom is 0.129 e. The molecule has 0 aliphatic carbocycles. The number of hydrogen-bond acceptors (Lipinski definition) is 2. The minimum absolute atomic E-state index is 0.440. The molecule has 14 heavy (non-hydrogen) atoms. The predicted molar refractivity (Wildman–Crippen MR) is 58.3 cm³/mol. The zero-order valence-electron chi connectivity index (χ0n) is 8.20. The maximum absolute atomic E-state index is 9.77. The molecule has 0 aromatic carbocycles. The van der Waals surface area contributed by atoms with E-state index in [0.717, 1.165) is 17.6 Å². The Hall–Kier alpha value is -0.860. The number of rotatable bonds is 4. The number of aromatic nitrogens is 1. The molecule has 3 heteroatoms. The second-order valence-electron chi connectivity index (χ2n) is 3.24. The average Bonchev–Trinajstić information content (AvgIpc) is 2.18. The Labute approximate surface area is 89.2 Å². The summed E-state index contributed by atoms with van der Waals surface area (Å²) in [7, 11) is 0. The molecule has 0 radical (unpaired) electrons. The first-order valence-corrected chi connectivity index (χ1v) is 4.97. The number of aliphatic hydroxyl groups excluding tert-OH is 1. The summed E-state index contributed by atoms with van der Waals surface area (Å²) in [6, 6.07) is 3.46. The molecule has 0 amide bonds. The van der Waals surface area contributed by atoms with E-state index in [-0.39, 0.29) is 0 Å². The van der Waals surface area contributed by atoms with Gasteiger partial charge < -0.3 is 5.11 Å².